The van der Waals surface area contributed by atoms with Crippen LogP contribution in [0.3, 0.4) is 0 Å². The van der Waals surface area contributed by atoms with Crippen molar-refractivity contribution in [2.45, 2.75) is 37.0 Å². The zero-order valence-electron chi connectivity index (χ0n) is 20.5. The van der Waals surface area contributed by atoms with Crippen molar-refractivity contribution >= 4 is 15.7 Å². The Morgan fingerprint density at radius 1 is 0.917 bits per heavy atom. The van der Waals surface area contributed by atoms with E-state index in [1.807, 2.05) is 66.7 Å². The summed E-state index contributed by atoms with van der Waals surface area (Å²) in [5, 5.41) is 0. The van der Waals surface area contributed by atoms with Gasteiger partial charge in [-0.3, -0.25) is 0 Å². The van der Waals surface area contributed by atoms with Crippen LogP contribution in [0.25, 0.3) is 0 Å². The molecule has 0 saturated carbocycles. The molecule has 0 aromatic heterocycles. The van der Waals surface area contributed by atoms with Crippen molar-refractivity contribution in [1.82, 2.24) is 4.31 Å². The lowest BCUT2D eigenvalue weighted by molar-refractivity contribution is 0.0336. The molecular formula is C28H32N2O5S. The molecule has 3 aromatic carbocycles. The Bertz CT molecular complexity index is 1260. The van der Waals surface area contributed by atoms with Crippen LogP contribution in [0.1, 0.15) is 24.0 Å². The van der Waals surface area contributed by atoms with E-state index in [0.717, 1.165) is 48.5 Å². The normalized spacial score (nSPS) is 19.4. The maximum atomic E-state index is 14.1. The molecular weight excluding hydrogens is 476 g/mol. The van der Waals surface area contributed by atoms with Gasteiger partial charge in [0.15, 0.2) is 0 Å². The molecule has 0 aliphatic carbocycles. The molecule has 1 fully saturated rings. The van der Waals surface area contributed by atoms with Crippen LogP contribution in [0, 0.1) is 0 Å². The fourth-order valence-electron chi connectivity index (χ4n) is 4.79. The lowest BCUT2D eigenvalue weighted by atomic mass is 10.2. The minimum Gasteiger partial charge on any atom is -0.497 e. The first-order chi connectivity index (χ1) is 17.5. The van der Waals surface area contributed by atoms with Crippen LogP contribution in [0.4, 0.5) is 5.69 Å². The number of anilines is 1. The Kier molecular flexibility index (Phi) is 7.46. The third kappa shape index (κ3) is 5.36. The summed E-state index contributed by atoms with van der Waals surface area (Å²) in [7, 11) is -2.22. The van der Waals surface area contributed by atoms with Crippen molar-refractivity contribution < 1.29 is 22.6 Å². The summed E-state index contributed by atoms with van der Waals surface area (Å²) in [6, 6.07) is 22.9. The Labute approximate surface area is 213 Å². The molecule has 1 unspecified atom stereocenters. The minimum atomic E-state index is -3.83. The molecule has 3 aromatic rings. The fourth-order valence-corrected chi connectivity index (χ4v) is 6.56. The van der Waals surface area contributed by atoms with Gasteiger partial charge < -0.3 is 19.1 Å². The number of hydrogen-bond donors (Lipinski definition) is 0. The number of methoxy groups -OCH3 is 1. The Morgan fingerprint density at radius 3 is 2.39 bits per heavy atom. The highest BCUT2D eigenvalue weighted by Crippen LogP contribution is 2.40. The van der Waals surface area contributed by atoms with Gasteiger partial charge in [0.2, 0.25) is 10.0 Å². The third-order valence-electron chi connectivity index (χ3n) is 6.64. The van der Waals surface area contributed by atoms with Crippen LogP contribution in [0.15, 0.2) is 77.7 Å². The van der Waals surface area contributed by atoms with Gasteiger partial charge in [0, 0.05) is 19.6 Å². The van der Waals surface area contributed by atoms with Crippen molar-refractivity contribution in [1.29, 1.82) is 0 Å². The molecule has 7 nitrogen and oxygen atoms in total. The van der Waals surface area contributed by atoms with Crippen molar-refractivity contribution in [3.63, 3.8) is 0 Å². The summed E-state index contributed by atoms with van der Waals surface area (Å²) in [6.07, 6.45) is 1.66. The standard InChI is InChI=1S/C28H32N2O5S/c1-33-24-14-12-22(13-15-24)18-30-19-25(21-34-20-23-8-3-2-4-9-23)35-27-11-7-10-26(28(27)36(30,31)32)29-16-5-6-17-29/h2-4,7-15,25H,5-6,16-21H2,1H3. The molecule has 0 amide bonds. The second kappa shape index (κ2) is 10.9. The first-order valence-electron chi connectivity index (χ1n) is 12.3. The van der Waals surface area contributed by atoms with E-state index in [-0.39, 0.29) is 24.6 Å². The monoisotopic (exact) mass is 508 g/mol. The van der Waals surface area contributed by atoms with Crippen molar-refractivity contribution in [3.05, 3.63) is 83.9 Å². The summed E-state index contributed by atoms with van der Waals surface area (Å²) < 4.78 is 47.4. The van der Waals surface area contributed by atoms with E-state index >= 15 is 0 Å². The molecule has 8 heteroatoms. The van der Waals surface area contributed by atoms with E-state index in [9.17, 15) is 8.42 Å². The molecule has 190 valence electrons. The molecule has 1 saturated heterocycles. The summed E-state index contributed by atoms with van der Waals surface area (Å²) in [5.74, 6) is 1.12. The first kappa shape index (κ1) is 24.6. The second-order valence-electron chi connectivity index (χ2n) is 9.18. The number of fused-ring (bicyclic) bond motifs is 1. The van der Waals surface area contributed by atoms with Crippen LogP contribution in [-0.2, 0) is 27.9 Å². The summed E-state index contributed by atoms with van der Waals surface area (Å²) in [4.78, 5) is 2.41. The lowest BCUT2D eigenvalue weighted by Gasteiger charge is -2.25. The van der Waals surface area contributed by atoms with Crippen molar-refractivity contribution in [2.24, 2.45) is 0 Å². The van der Waals surface area contributed by atoms with Crippen LogP contribution in [-0.4, -0.2) is 52.2 Å². The van der Waals surface area contributed by atoms with E-state index in [2.05, 4.69) is 4.90 Å². The van der Waals surface area contributed by atoms with Gasteiger partial charge in [0.05, 0.1) is 32.6 Å². The van der Waals surface area contributed by atoms with E-state index in [1.54, 1.807) is 13.2 Å². The number of hydrogen-bond acceptors (Lipinski definition) is 6. The van der Waals surface area contributed by atoms with E-state index < -0.39 is 16.1 Å². The van der Waals surface area contributed by atoms with Crippen molar-refractivity contribution in [2.75, 3.05) is 38.3 Å². The number of benzene rings is 3. The van der Waals surface area contributed by atoms with Crippen LogP contribution < -0.4 is 14.4 Å². The van der Waals surface area contributed by atoms with Gasteiger partial charge in [-0.1, -0.05) is 48.5 Å². The minimum absolute atomic E-state index is 0.192. The molecule has 2 aliphatic rings. The molecule has 0 radical (unpaired) electrons. The Balaban J connectivity index is 1.45. The maximum Gasteiger partial charge on any atom is 0.249 e. The van der Waals surface area contributed by atoms with Gasteiger partial charge in [0.25, 0.3) is 0 Å². The highest BCUT2D eigenvalue weighted by molar-refractivity contribution is 7.89. The predicted molar refractivity (Wildman–Crippen MR) is 139 cm³/mol. The highest BCUT2D eigenvalue weighted by Gasteiger charge is 2.38. The zero-order chi connectivity index (χ0) is 25.0. The molecule has 5 rings (SSSR count). The average Bonchev–Trinajstić information content (AvgIpc) is 3.41. The highest BCUT2D eigenvalue weighted by atomic mass is 32.2. The van der Waals surface area contributed by atoms with E-state index in [0.29, 0.717) is 12.4 Å². The molecule has 0 bridgehead atoms. The maximum absolute atomic E-state index is 14.1. The third-order valence-corrected chi connectivity index (χ3v) is 8.52. The number of ether oxygens (including phenoxy) is 3. The van der Waals surface area contributed by atoms with E-state index in [4.69, 9.17) is 14.2 Å². The van der Waals surface area contributed by atoms with Crippen LogP contribution in [0.2, 0.25) is 0 Å². The van der Waals surface area contributed by atoms with Crippen molar-refractivity contribution in [3.8, 4) is 11.5 Å². The Hall–Kier alpha value is -3.07. The molecule has 0 spiro atoms. The topological polar surface area (TPSA) is 68.3 Å². The van der Waals surface area contributed by atoms with Crippen LogP contribution >= 0.6 is 0 Å². The van der Waals surface area contributed by atoms with Gasteiger partial charge in [0.1, 0.15) is 22.5 Å². The molecule has 1 atom stereocenters. The number of nitrogens with zero attached hydrogens (tertiary/aromatic N) is 2. The van der Waals surface area contributed by atoms with E-state index in [1.165, 1.54) is 4.31 Å². The average molecular weight is 509 g/mol. The smallest absolute Gasteiger partial charge is 0.249 e. The molecule has 2 aliphatic heterocycles. The molecule has 0 N–H and O–H groups in total. The van der Waals surface area contributed by atoms with Gasteiger partial charge in [-0.05, 0) is 48.2 Å². The van der Waals surface area contributed by atoms with Gasteiger partial charge in [-0.25, -0.2) is 8.42 Å². The predicted octanol–water partition coefficient (Wildman–Crippen LogP) is 4.46. The molecule has 36 heavy (non-hydrogen) atoms. The zero-order valence-corrected chi connectivity index (χ0v) is 21.3. The summed E-state index contributed by atoms with van der Waals surface area (Å²) in [6.45, 7) is 2.82. The first-order valence-corrected chi connectivity index (χ1v) is 13.8. The Morgan fingerprint density at radius 2 is 1.67 bits per heavy atom. The molecule has 2 heterocycles. The summed E-state index contributed by atoms with van der Waals surface area (Å²) in [5.41, 5.74) is 2.66. The van der Waals surface area contributed by atoms with Gasteiger partial charge >= 0.3 is 0 Å². The number of sulfonamides is 1. The summed E-state index contributed by atoms with van der Waals surface area (Å²) >= 11 is 0. The van der Waals surface area contributed by atoms with Gasteiger partial charge in [-0.2, -0.15) is 4.31 Å². The number of rotatable bonds is 8. The van der Waals surface area contributed by atoms with Crippen LogP contribution in [0.5, 0.6) is 11.5 Å². The van der Waals surface area contributed by atoms with Gasteiger partial charge in [-0.15, -0.1) is 0 Å². The quantitative estimate of drug-likeness (QED) is 0.448. The lowest BCUT2D eigenvalue weighted by Crippen LogP contribution is -2.39. The second-order valence-corrected chi connectivity index (χ2v) is 11.1. The largest absolute Gasteiger partial charge is 0.497 e. The SMILES string of the molecule is COc1ccc(CN2CC(COCc3ccccc3)Oc3cccc(N4CCCC4)c3S2(=O)=O)cc1. The fraction of sp³-hybridized carbons (Fsp3) is 0.357.